The van der Waals surface area contributed by atoms with E-state index in [1.165, 1.54) is 5.56 Å². The first-order valence-corrected chi connectivity index (χ1v) is 7.72. The van der Waals surface area contributed by atoms with Crippen LogP contribution >= 0.6 is 0 Å². The van der Waals surface area contributed by atoms with Crippen LogP contribution < -0.4 is 10.2 Å². The van der Waals surface area contributed by atoms with Crippen molar-refractivity contribution in [1.82, 2.24) is 10.3 Å². The lowest BCUT2D eigenvalue weighted by Gasteiger charge is -2.28. The molecule has 0 aliphatic rings. The smallest absolute Gasteiger partial charge is 0.129 e. The highest BCUT2D eigenvalue weighted by Crippen LogP contribution is 2.18. The summed E-state index contributed by atoms with van der Waals surface area (Å²) in [5.41, 5.74) is 2.54. The summed E-state index contributed by atoms with van der Waals surface area (Å²) in [5, 5.41) is 3.55. The monoisotopic (exact) mass is 277 g/mol. The highest BCUT2D eigenvalue weighted by molar-refractivity contribution is 5.43. The van der Waals surface area contributed by atoms with Crippen molar-refractivity contribution < 1.29 is 0 Å². The molecule has 0 saturated carbocycles. The van der Waals surface area contributed by atoms with E-state index in [1.54, 1.807) is 0 Å². The van der Waals surface area contributed by atoms with Crippen molar-refractivity contribution in [2.75, 3.05) is 11.4 Å². The minimum absolute atomic E-state index is 0.137. The Bertz CT molecular complexity index is 419. The highest BCUT2D eigenvalue weighted by Gasteiger charge is 2.13. The zero-order chi connectivity index (χ0) is 15.3. The Kier molecular flexibility index (Phi) is 6.00. The van der Waals surface area contributed by atoms with Crippen molar-refractivity contribution in [3.8, 4) is 0 Å². The molecule has 20 heavy (non-hydrogen) atoms. The summed E-state index contributed by atoms with van der Waals surface area (Å²) >= 11 is 0. The maximum absolute atomic E-state index is 4.72. The van der Waals surface area contributed by atoms with Crippen LogP contribution in [-0.2, 0) is 6.54 Å². The van der Waals surface area contributed by atoms with Crippen LogP contribution in [0.1, 0.15) is 59.2 Å². The second-order valence-electron chi connectivity index (χ2n) is 6.87. The first-order valence-electron chi connectivity index (χ1n) is 7.72. The van der Waals surface area contributed by atoms with E-state index < -0.39 is 0 Å². The number of rotatable bonds is 6. The third-order valence-corrected chi connectivity index (χ3v) is 3.20. The zero-order valence-electron chi connectivity index (χ0n) is 14.2. The molecular formula is C17H31N3. The maximum atomic E-state index is 4.72. The van der Waals surface area contributed by atoms with E-state index in [0.717, 1.165) is 31.0 Å². The van der Waals surface area contributed by atoms with Crippen LogP contribution in [0.25, 0.3) is 0 Å². The molecule has 0 amide bonds. The molecule has 3 nitrogen and oxygen atoms in total. The molecule has 0 aliphatic carbocycles. The fourth-order valence-corrected chi connectivity index (χ4v) is 2.22. The summed E-state index contributed by atoms with van der Waals surface area (Å²) in [6.45, 7) is 17.3. The normalized spacial score (nSPS) is 12.0. The Hall–Kier alpha value is -1.09. The second kappa shape index (κ2) is 7.07. The molecule has 0 unspecified atom stereocenters. The lowest BCUT2D eigenvalue weighted by atomic mass is 10.1. The fraction of sp³-hybridized carbons (Fsp3) is 0.706. The van der Waals surface area contributed by atoms with Gasteiger partial charge in [-0.25, -0.2) is 4.98 Å². The van der Waals surface area contributed by atoms with Crippen LogP contribution in [0, 0.1) is 6.92 Å². The number of hydrogen-bond acceptors (Lipinski definition) is 3. The second-order valence-corrected chi connectivity index (χ2v) is 6.87. The number of anilines is 1. The van der Waals surface area contributed by atoms with Crippen molar-refractivity contribution in [3.63, 3.8) is 0 Å². The maximum Gasteiger partial charge on any atom is 0.129 e. The van der Waals surface area contributed by atoms with Crippen LogP contribution in [-0.4, -0.2) is 23.1 Å². The molecular weight excluding hydrogens is 246 g/mol. The van der Waals surface area contributed by atoms with Crippen molar-refractivity contribution in [2.24, 2.45) is 0 Å². The molecule has 1 aromatic rings. The predicted molar refractivity (Wildman–Crippen MR) is 88.3 cm³/mol. The molecule has 0 saturated heterocycles. The van der Waals surface area contributed by atoms with Gasteiger partial charge in [-0.05, 0) is 65.7 Å². The average molecular weight is 277 g/mol. The van der Waals surface area contributed by atoms with E-state index in [4.69, 9.17) is 4.98 Å². The summed E-state index contributed by atoms with van der Waals surface area (Å²) in [5.74, 6) is 1.10. The van der Waals surface area contributed by atoms with Gasteiger partial charge >= 0.3 is 0 Å². The molecule has 1 N–H and O–H groups in total. The lowest BCUT2D eigenvalue weighted by Crippen LogP contribution is -2.35. The van der Waals surface area contributed by atoms with Gasteiger partial charge in [0.25, 0.3) is 0 Å². The molecule has 0 fully saturated rings. The standard InChI is InChI=1S/C17H31N3/c1-8-9-20(13(2)3)16-11-15(10-14(4)19-16)12-18-17(5,6)7/h10-11,13,18H,8-9,12H2,1-7H3. The van der Waals surface area contributed by atoms with Gasteiger partial charge in [-0.3, -0.25) is 0 Å². The Morgan fingerprint density at radius 1 is 1.25 bits per heavy atom. The molecule has 0 bridgehead atoms. The van der Waals surface area contributed by atoms with Crippen molar-refractivity contribution in [1.29, 1.82) is 0 Å². The van der Waals surface area contributed by atoms with Gasteiger partial charge in [0, 0.05) is 30.4 Å². The summed E-state index contributed by atoms with van der Waals surface area (Å²) in [4.78, 5) is 7.10. The number of nitrogens with zero attached hydrogens (tertiary/aromatic N) is 2. The van der Waals surface area contributed by atoms with Crippen LogP contribution in [0.5, 0.6) is 0 Å². The lowest BCUT2D eigenvalue weighted by molar-refractivity contribution is 0.424. The van der Waals surface area contributed by atoms with Gasteiger partial charge in [-0.2, -0.15) is 0 Å². The number of aryl methyl sites for hydroxylation is 1. The van der Waals surface area contributed by atoms with Crippen molar-refractivity contribution in [3.05, 3.63) is 23.4 Å². The molecule has 0 spiro atoms. The molecule has 1 aromatic heterocycles. The number of hydrogen-bond donors (Lipinski definition) is 1. The van der Waals surface area contributed by atoms with Crippen molar-refractivity contribution in [2.45, 2.75) is 73.0 Å². The zero-order valence-corrected chi connectivity index (χ0v) is 14.2. The number of pyridine rings is 1. The molecule has 0 atom stereocenters. The minimum Gasteiger partial charge on any atom is -0.354 e. The van der Waals surface area contributed by atoms with Crippen LogP contribution in [0.2, 0.25) is 0 Å². The van der Waals surface area contributed by atoms with Gasteiger partial charge in [-0.15, -0.1) is 0 Å². The summed E-state index contributed by atoms with van der Waals surface area (Å²) in [6, 6.07) is 4.88. The van der Waals surface area contributed by atoms with Gasteiger partial charge < -0.3 is 10.2 Å². The van der Waals surface area contributed by atoms with Crippen LogP contribution in [0.4, 0.5) is 5.82 Å². The largest absolute Gasteiger partial charge is 0.354 e. The van der Waals surface area contributed by atoms with Gasteiger partial charge in [-0.1, -0.05) is 6.92 Å². The molecule has 0 aliphatic heterocycles. The summed E-state index contributed by atoms with van der Waals surface area (Å²) < 4.78 is 0. The topological polar surface area (TPSA) is 28.2 Å². The van der Waals surface area contributed by atoms with Crippen molar-refractivity contribution >= 4 is 5.82 Å². The van der Waals surface area contributed by atoms with Crippen LogP contribution in [0.3, 0.4) is 0 Å². The van der Waals surface area contributed by atoms with Gasteiger partial charge in [0.05, 0.1) is 0 Å². The van der Waals surface area contributed by atoms with Gasteiger partial charge in [0.1, 0.15) is 5.82 Å². The Labute approximate surface area is 124 Å². The van der Waals surface area contributed by atoms with E-state index in [-0.39, 0.29) is 5.54 Å². The minimum atomic E-state index is 0.137. The molecule has 3 heteroatoms. The Balaban J connectivity index is 2.95. The molecule has 1 heterocycles. The van der Waals surface area contributed by atoms with E-state index in [2.05, 4.69) is 70.8 Å². The first-order chi connectivity index (χ1) is 9.23. The number of aromatic nitrogens is 1. The SMILES string of the molecule is CCCN(c1cc(CNC(C)(C)C)cc(C)n1)C(C)C. The van der Waals surface area contributed by atoms with E-state index >= 15 is 0 Å². The molecule has 114 valence electrons. The third kappa shape index (κ3) is 5.49. The molecule has 0 aromatic carbocycles. The fourth-order valence-electron chi connectivity index (χ4n) is 2.22. The number of nitrogens with one attached hydrogen (secondary N) is 1. The summed E-state index contributed by atoms with van der Waals surface area (Å²) in [6.07, 6.45) is 1.14. The molecule has 1 rings (SSSR count). The average Bonchev–Trinajstić information content (AvgIpc) is 2.31. The van der Waals surface area contributed by atoms with E-state index in [1.807, 2.05) is 0 Å². The Morgan fingerprint density at radius 3 is 2.40 bits per heavy atom. The van der Waals surface area contributed by atoms with Gasteiger partial charge in [0.2, 0.25) is 0 Å². The summed E-state index contributed by atoms with van der Waals surface area (Å²) in [7, 11) is 0. The Morgan fingerprint density at radius 2 is 1.90 bits per heavy atom. The quantitative estimate of drug-likeness (QED) is 0.854. The van der Waals surface area contributed by atoms with E-state index in [9.17, 15) is 0 Å². The van der Waals surface area contributed by atoms with E-state index in [0.29, 0.717) is 6.04 Å². The first kappa shape index (κ1) is 17.0. The molecule has 0 radical (unpaired) electrons. The predicted octanol–water partition coefficient (Wildman–Crippen LogP) is 3.90. The third-order valence-electron chi connectivity index (χ3n) is 3.20. The highest BCUT2D eigenvalue weighted by atomic mass is 15.2. The van der Waals surface area contributed by atoms with Gasteiger partial charge in [0.15, 0.2) is 0 Å². The van der Waals surface area contributed by atoms with Crippen LogP contribution in [0.15, 0.2) is 12.1 Å².